The third kappa shape index (κ3) is 6.74. The fraction of sp³-hybridized carbons (Fsp3) is 0.909. The van der Waals surface area contributed by atoms with Crippen molar-refractivity contribution in [2.24, 2.45) is 5.92 Å². The van der Waals surface area contributed by atoms with Crippen molar-refractivity contribution in [3.8, 4) is 0 Å². The zero-order valence-electron chi connectivity index (χ0n) is 10.5. The summed E-state index contributed by atoms with van der Waals surface area (Å²) in [6.07, 6.45) is 0. The van der Waals surface area contributed by atoms with E-state index in [2.05, 4.69) is 18.7 Å². The molecule has 0 saturated carbocycles. The first kappa shape index (κ1) is 14.7. The second kappa shape index (κ2) is 7.07. The maximum absolute atomic E-state index is 11.8. The third-order valence-corrected chi connectivity index (χ3v) is 2.24. The van der Waals surface area contributed by atoms with E-state index in [0.717, 1.165) is 19.6 Å². The van der Waals surface area contributed by atoms with Crippen molar-refractivity contribution >= 4 is 17.5 Å². The summed E-state index contributed by atoms with van der Waals surface area (Å²) in [5.41, 5.74) is 0. The number of alkyl halides is 1. The van der Waals surface area contributed by atoms with E-state index >= 15 is 0 Å². The summed E-state index contributed by atoms with van der Waals surface area (Å²) in [6.45, 7) is 8.35. The summed E-state index contributed by atoms with van der Waals surface area (Å²) < 4.78 is 0. The number of halogens is 1. The van der Waals surface area contributed by atoms with E-state index < -0.39 is 5.38 Å². The molecule has 0 aromatic carbocycles. The lowest BCUT2D eigenvalue weighted by atomic mass is 10.2. The van der Waals surface area contributed by atoms with Gasteiger partial charge in [0, 0.05) is 19.6 Å². The Morgan fingerprint density at radius 1 is 1.20 bits per heavy atom. The fourth-order valence-electron chi connectivity index (χ4n) is 1.30. The molecule has 0 radical (unpaired) electrons. The van der Waals surface area contributed by atoms with Gasteiger partial charge in [-0.25, -0.2) is 0 Å². The Morgan fingerprint density at radius 3 is 2.07 bits per heavy atom. The van der Waals surface area contributed by atoms with Crippen LogP contribution in [0, 0.1) is 5.92 Å². The number of hydrogen-bond acceptors (Lipinski definition) is 2. The summed E-state index contributed by atoms with van der Waals surface area (Å²) in [4.78, 5) is 15.7. The van der Waals surface area contributed by atoms with Gasteiger partial charge in [0.15, 0.2) is 0 Å². The van der Waals surface area contributed by atoms with Crippen molar-refractivity contribution in [2.75, 3.05) is 33.7 Å². The Bertz CT molecular complexity index is 193. The van der Waals surface area contributed by atoms with Crippen LogP contribution in [0.2, 0.25) is 0 Å². The summed E-state index contributed by atoms with van der Waals surface area (Å²) in [6, 6.07) is 0. The van der Waals surface area contributed by atoms with Crippen LogP contribution >= 0.6 is 11.6 Å². The molecule has 0 bridgehead atoms. The lowest BCUT2D eigenvalue weighted by molar-refractivity contribution is -0.131. The SMILES string of the molecule is CC(C)CN(CCN(C)C)C(=O)C(C)Cl. The van der Waals surface area contributed by atoms with Crippen molar-refractivity contribution < 1.29 is 4.79 Å². The van der Waals surface area contributed by atoms with Gasteiger partial charge in [-0.05, 0) is 26.9 Å². The minimum absolute atomic E-state index is 0.0345. The lowest BCUT2D eigenvalue weighted by Gasteiger charge is -2.27. The molecule has 3 nitrogen and oxygen atoms in total. The number of hydrogen-bond donors (Lipinski definition) is 0. The molecule has 0 rings (SSSR count). The molecule has 0 aromatic rings. The van der Waals surface area contributed by atoms with Crippen molar-refractivity contribution in [1.29, 1.82) is 0 Å². The van der Waals surface area contributed by atoms with Crippen molar-refractivity contribution in [3.05, 3.63) is 0 Å². The first-order valence-electron chi connectivity index (χ1n) is 5.42. The molecule has 0 N–H and O–H groups in total. The molecule has 0 aliphatic carbocycles. The van der Waals surface area contributed by atoms with E-state index in [4.69, 9.17) is 11.6 Å². The monoisotopic (exact) mass is 234 g/mol. The van der Waals surface area contributed by atoms with Gasteiger partial charge in [0.2, 0.25) is 5.91 Å². The molecule has 0 fully saturated rings. The summed E-state index contributed by atoms with van der Waals surface area (Å²) >= 11 is 5.82. The van der Waals surface area contributed by atoms with E-state index in [9.17, 15) is 4.79 Å². The van der Waals surface area contributed by atoms with E-state index in [0.29, 0.717) is 5.92 Å². The highest BCUT2D eigenvalue weighted by Gasteiger charge is 2.19. The summed E-state index contributed by atoms with van der Waals surface area (Å²) in [5, 5.41) is -0.425. The molecule has 0 aliphatic rings. The van der Waals surface area contributed by atoms with Crippen molar-refractivity contribution in [1.82, 2.24) is 9.80 Å². The van der Waals surface area contributed by atoms with Gasteiger partial charge in [-0.15, -0.1) is 11.6 Å². The molecular formula is C11H23ClN2O. The molecule has 0 saturated heterocycles. The van der Waals surface area contributed by atoms with Crippen LogP contribution in [0.15, 0.2) is 0 Å². The van der Waals surface area contributed by atoms with Gasteiger partial charge >= 0.3 is 0 Å². The quantitative estimate of drug-likeness (QED) is 0.653. The van der Waals surface area contributed by atoms with E-state index in [1.165, 1.54) is 0 Å². The Labute approximate surface area is 98.4 Å². The zero-order chi connectivity index (χ0) is 12.0. The Hall–Kier alpha value is -0.280. The molecule has 0 heterocycles. The fourth-order valence-corrected chi connectivity index (χ4v) is 1.44. The Balaban J connectivity index is 4.24. The number of rotatable bonds is 6. The Morgan fingerprint density at radius 2 is 1.73 bits per heavy atom. The second-order valence-electron chi connectivity index (χ2n) is 4.60. The zero-order valence-corrected chi connectivity index (χ0v) is 11.2. The number of nitrogens with zero attached hydrogens (tertiary/aromatic N) is 2. The average Bonchev–Trinajstić information content (AvgIpc) is 2.10. The molecule has 90 valence electrons. The highest BCUT2D eigenvalue weighted by molar-refractivity contribution is 6.30. The standard InChI is InChI=1S/C11H23ClN2O/c1-9(2)8-14(7-6-13(4)5)11(15)10(3)12/h9-10H,6-8H2,1-5H3. The highest BCUT2D eigenvalue weighted by Crippen LogP contribution is 2.05. The van der Waals surface area contributed by atoms with E-state index in [1.807, 2.05) is 19.0 Å². The summed E-state index contributed by atoms with van der Waals surface area (Å²) in [7, 11) is 4.00. The number of carbonyl (C=O) groups is 1. The van der Waals surface area contributed by atoms with Gasteiger partial charge in [-0.2, -0.15) is 0 Å². The molecule has 4 heteroatoms. The van der Waals surface area contributed by atoms with Gasteiger partial charge in [0.05, 0.1) is 0 Å². The summed E-state index contributed by atoms with van der Waals surface area (Å²) in [5.74, 6) is 0.513. The lowest BCUT2D eigenvalue weighted by Crippen LogP contribution is -2.42. The van der Waals surface area contributed by atoms with Crippen LogP contribution in [-0.4, -0.2) is 54.8 Å². The molecule has 0 spiro atoms. The van der Waals surface area contributed by atoms with Crippen LogP contribution in [-0.2, 0) is 4.79 Å². The smallest absolute Gasteiger partial charge is 0.240 e. The minimum atomic E-state index is -0.425. The largest absolute Gasteiger partial charge is 0.340 e. The van der Waals surface area contributed by atoms with Crippen LogP contribution in [0.25, 0.3) is 0 Å². The maximum atomic E-state index is 11.8. The predicted octanol–water partition coefficient (Wildman–Crippen LogP) is 1.66. The first-order valence-corrected chi connectivity index (χ1v) is 5.85. The van der Waals surface area contributed by atoms with Gasteiger partial charge < -0.3 is 9.80 Å². The normalized spacial score (nSPS) is 13.3. The van der Waals surface area contributed by atoms with Crippen LogP contribution < -0.4 is 0 Å². The van der Waals surface area contributed by atoms with Crippen molar-refractivity contribution in [3.63, 3.8) is 0 Å². The van der Waals surface area contributed by atoms with Crippen LogP contribution in [0.5, 0.6) is 0 Å². The van der Waals surface area contributed by atoms with Crippen LogP contribution in [0.1, 0.15) is 20.8 Å². The van der Waals surface area contributed by atoms with Crippen LogP contribution in [0.3, 0.4) is 0 Å². The van der Waals surface area contributed by atoms with Gasteiger partial charge in [-0.1, -0.05) is 13.8 Å². The maximum Gasteiger partial charge on any atom is 0.240 e. The minimum Gasteiger partial charge on any atom is -0.340 e. The number of likely N-dealkylation sites (N-methyl/N-ethyl adjacent to an activating group) is 1. The molecule has 0 aliphatic heterocycles. The number of carbonyl (C=O) groups excluding carboxylic acids is 1. The van der Waals surface area contributed by atoms with E-state index in [-0.39, 0.29) is 5.91 Å². The van der Waals surface area contributed by atoms with Gasteiger partial charge in [0.1, 0.15) is 5.38 Å². The highest BCUT2D eigenvalue weighted by atomic mass is 35.5. The average molecular weight is 235 g/mol. The van der Waals surface area contributed by atoms with Crippen molar-refractivity contribution in [2.45, 2.75) is 26.1 Å². The molecule has 0 aromatic heterocycles. The predicted molar refractivity (Wildman–Crippen MR) is 65.3 cm³/mol. The molecular weight excluding hydrogens is 212 g/mol. The number of amides is 1. The van der Waals surface area contributed by atoms with Gasteiger partial charge in [0.25, 0.3) is 0 Å². The topological polar surface area (TPSA) is 23.6 Å². The second-order valence-corrected chi connectivity index (χ2v) is 5.25. The Kier molecular flexibility index (Phi) is 6.94. The third-order valence-electron chi connectivity index (χ3n) is 2.05. The molecule has 1 unspecified atom stereocenters. The molecule has 15 heavy (non-hydrogen) atoms. The van der Waals surface area contributed by atoms with E-state index in [1.54, 1.807) is 6.92 Å². The first-order chi connectivity index (χ1) is 6.84. The van der Waals surface area contributed by atoms with Gasteiger partial charge in [-0.3, -0.25) is 4.79 Å². The molecule has 1 amide bonds. The molecule has 1 atom stereocenters. The van der Waals surface area contributed by atoms with Crippen LogP contribution in [0.4, 0.5) is 0 Å².